The molecule has 0 saturated carbocycles. The van der Waals surface area contributed by atoms with Gasteiger partial charge in [0, 0.05) is 27.9 Å². The minimum absolute atomic E-state index is 0.343. The Bertz CT molecular complexity index is 675. The molecule has 0 spiro atoms. The van der Waals surface area contributed by atoms with E-state index in [1.807, 2.05) is 18.2 Å². The second kappa shape index (κ2) is 4.85. The molecule has 1 aliphatic rings. The standard InChI is InChI=1S/C15H13Cl2NO2/c1-20-14-7-13-10(6-12(14)17)15(19,8-18-13)9-4-2-3-5-11(9)16/h2-7,18-19H,8H2,1H3. The lowest BCUT2D eigenvalue weighted by atomic mass is 9.88. The number of β-amino-alcohol motifs (C(OH)–C–C–N with tert-alkyl or cyclic N) is 1. The zero-order chi connectivity index (χ0) is 14.3. The first-order valence-electron chi connectivity index (χ1n) is 6.15. The summed E-state index contributed by atoms with van der Waals surface area (Å²) in [6.07, 6.45) is 0. The summed E-state index contributed by atoms with van der Waals surface area (Å²) in [5.74, 6) is 0.571. The molecular formula is C15H13Cl2NO2. The van der Waals surface area contributed by atoms with E-state index in [1.54, 1.807) is 25.3 Å². The molecule has 1 unspecified atom stereocenters. The van der Waals surface area contributed by atoms with E-state index in [-0.39, 0.29) is 0 Å². The maximum atomic E-state index is 11.0. The number of benzene rings is 2. The van der Waals surface area contributed by atoms with Gasteiger partial charge in [-0.2, -0.15) is 0 Å². The summed E-state index contributed by atoms with van der Waals surface area (Å²) in [6, 6.07) is 10.8. The SMILES string of the molecule is COc1cc2c(cc1Cl)C(O)(c1ccccc1Cl)CN2. The van der Waals surface area contributed by atoms with Gasteiger partial charge in [-0.15, -0.1) is 0 Å². The van der Waals surface area contributed by atoms with Crippen molar-refractivity contribution < 1.29 is 9.84 Å². The lowest BCUT2D eigenvalue weighted by Crippen LogP contribution is -2.29. The summed E-state index contributed by atoms with van der Waals surface area (Å²) in [5, 5.41) is 15.2. The Labute approximate surface area is 127 Å². The van der Waals surface area contributed by atoms with Gasteiger partial charge in [0.1, 0.15) is 11.4 Å². The molecule has 1 aliphatic heterocycles. The predicted molar refractivity (Wildman–Crippen MR) is 80.9 cm³/mol. The van der Waals surface area contributed by atoms with Crippen molar-refractivity contribution in [1.82, 2.24) is 0 Å². The molecule has 1 heterocycles. The molecule has 20 heavy (non-hydrogen) atoms. The number of anilines is 1. The van der Waals surface area contributed by atoms with Crippen LogP contribution in [0.5, 0.6) is 5.75 Å². The van der Waals surface area contributed by atoms with Crippen LogP contribution in [0, 0.1) is 0 Å². The largest absolute Gasteiger partial charge is 0.495 e. The van der Waals surface area contributed by atoms with Crippen molar-refractivity contribution in [2.75, 3.05) is 19.0 Å². The second-order valence-corrected chi connectivity index (χ2v) is 5.54. The maximum Gasteiger partial charge on any atom is 0.139 e. The van der Waals surface area contributed by atoms with Gasteiger partial charge in [-0.1, -0.05) is 41.4 Å². The van der Waals surface area contributed by atoms with Crippen LogP contribution in [-0.4, -0.2) is 18.8 Å². The summed E-state index contributed by atoms with van der Waals surface area (Å²) in [6.45, 7) is 0.343. The van der Waals surface area contributed by atoms with Crippen LogP contribution in [0.3, 0.4) is 0 Å². The molecular weight excluding hydrogens is 297 g/mol. The van der Waals surface area contributed by atoms with Gasteiger partial charge < -0.3 is 15.2 Å². The average molecular weight is 310 g/mol. The molecule has 0 radical (unpaired) electrons. The molecule has 0 saturated heterocycles. The smallest absolute Gasteiger partial charge is 0.139 e. The Balaban J connectivity index is 2.17. The van der Waals surface area contributed by atoms with Crippen molar-refractivity contribution in [3.05, 3.63) is 57.6 Å². The fourth-order valence-electron chi connectivity index (χ4n) is 2.55. The van der Waals surface area contributed by atoms with Crippen molar-refractivity contribution >= 4 is 28.9 Å². The number of nitrogens with one attached hydrogen (secondary N) is 1. The number of fused-ring (bicyclic) bond motifs is 1. The molecule has 104 valence electrons. The third-order valence-corrected chi connectivity index (χ3v) is 4.22. The highest BCUT2D eigenvalue weighted by molar-refractivity contribution is 6.32. The highest BCUT2D eigenvalue weighted by Gasteiger charge is 2.40. The average Bonchev–Trinajstić information content (AvgIpc) is 2.76. The summed E-state index contributed by atoms with van der Waals surface area (Å²) in [4.78, 5) is 0. The van der Waals surface area contributed by atoms with E-state index in [2.05, 4.69) is 5.32 Å². The first-order chi connectivity index (χ1) is 9.56. The molecule has 1 atom stereocenters. The van der Waals surface area contributed by atoms with Crippen LogP contribution in [0.15, 0.2) is 36.4 Å². The van der Waals surface area contributed by atoms with Crippen molar-refractivity contribution in [3.8, 4) is 5.75 Å². The minimum atomic E-state index is -1.19. The van der Waals surface area contributed by atoms with Crippen molar-refractivity contribution in [2.24, 2.45) is 0 Å². The Morgan fingerprint density at radius 1 is 1.15 bits per heavy atom. The zero-order valence-corrected chi connectivity index (χ0v) is 12.3. The van der Waals surface area contributed by atoms with E-state index >= 15 is 0 Å². The van der Waals surface area contributed by atoms with Crippen LogP contribution in [0.25, 0.3) is 0 Å². The minimum Gasteiger partial charge on any atom is -0.495 e. The number of hydrogen-bond donors (Lipinski definition) is 2. The Kier molecular flexibility index (Phi) is 3.28. The van der Waals surface area contributed by atoms with Crippen LogP contribution in [0.2, 0.25) is 10.0 Å². The first-order valence-corrected chi connectivity index (χ1v) is 6.91. The van der Waals surface area contributed by atoms with E-state index in [0.29, 0.717) is 33.5 Å². The van der Waals surface area contributed by atoms with E-state index in [9.17, 15) is 5.11 Å². The molecule has 0 fully saturated rings. The number of ether oxygens (including phenoxy) is 1. The van der Waals surface area contributed by atoms with Crippen LogP contribution >= 0.6 is 23.2 Å². The highest BCUT2D eigenvalue weighted by atomic mass is 35.5. The molecule has 3 nitrogen and oxygen atoms in total. The van der Waals surface area contributed by atoms with Crippen LogP contribution in [0.1, 0.15) is 11.1 Å². The van der Waals surface area contributed by atoms with Gasteiger partial charge in [0.15, 0.2) is 0 Å². The molecule has 0 aliphatic carbocycles. The van der Waals surface area contributed by atoms with Crippen molar-refractivity contribution in [1.29, 1.82) is 0 Å². The molecule has 5 heteroatoms. The fraction of sp³-hybridized carbons (Fsp3) is 0.200. The molecule has 3 rings (SSSR count). The second-order valence-electron chi connectivity index (χ2n) is 4.73. The van der Waals surface area contributed by atoms with Gasteiger partial charge in [0.25, 0.3) is 0 Å². The molecule has 0 aromatic heterocycles. The van der Waals surface area contributed by atoms with E-state index in [4.69, 9.17) is 27.9 Å². The van der Waals surface area contributed by atoms with Crippen molar-refractivity contribution in [2.45, 2.75) is 5.60 Å². The van der Waals surface area contributed by atoms with Gasteiger partial charge in [0.2, 0.25) is 0 Å². The van der Waals surface area contributed by atoms with Gasteiger partial charge >= 0.3 is 0 Å². The fourth-order valence-corrected chi connectivity index (χ4v) is 3.09. The molecule has 2 N–H and O–H groups in total. The molecule has 2 aromatic rings. The third kappa shape index (κ3) is 1.94. The van der Waals surface area contributed by atoms with E-state index in [1.165, 1.54) is 0 Å². The third-order valence-electron chi connectivity index (χ3n) is 3.59. The van der Waals surface area contributed by atoms with Gasteiger partial charge in [-0.05, 0) is 12.1 Å². The molecule has 0 bridgehead atoms. The zero-order valence-electron chi connectivity index (χ0n) is 10.8. The van der Waals surface area contributed by atoms with Crippen LogP contribution in [-0.2, 0) is 5.60 Å². The lowest BCUT2D eigenvalue weighted by molar-refractivity contribution is 0.103. The summed E-state index contributed by atoms with van der Waals surface area (Å²) >= 11 is 12.4. The van der Waals surface area contributed by atoms with E-state index < -0.39 is 5.60 Å². The summed E-state index contributed by atoms with van der Waals surface area (Å²) in [7, 11) is 1.56. The Morgan fingerprint density at radius 3 is 2.60 bits per heavy atom. The van der Waals surface area contributed by atoms with Crippen molar-refractivity contribution in [3.63, 3.8) is 0 Å². The number of halogens is 2. The number of hydrogen-bond acceptors (Lipinski definition) is 3. The Morgan fingerprint density at radius 2 is 1.90 bits per heavy atom. The topological polar surface area (TPSA) is 41.5 Å². The quantitative estimate of drug-likeness (QED) is 0.889. The maximum absolute atomic E-state index is 11.0. The number of rotatable bonds is 2. The normalized spacial score (nSPS) is 20.4. The number of aliphatic hydroxyl groups is 1. The Hall–Kier alpha value is -1.42. The van der Waals surface area contributed by atoms with E-state index in [0.717, 1.165) is 5.69 Å². The van der Waals surface area contributed by atoms with Crippen LogP contribution < -0.4 is 10.1 Å². The van der Waals surface area contributed by atoms with Gasteiger partial charge in [0.05, 0.1) is 18.7 Å². The van der Waals surface area contributed by atoms with Gasteiger partial charge in [-0.25, -0.2) is 0 Å². The monoisotopic (exact) mass is 309 g/mol. The number of methoxy groups -OCH3 is 1. The molecule has 2 aromatic carbocycles. The van der Waals surface area contributed by atoms with Crippen LogP contribution in [0.4, 0.5) is 5.69 Å². The first kappa shape index (κ1) is 13.6. The molecule has 0 amide bonds. The predicted octanol–water partition coefficient (Wildman–Crippen LogP) is 3.66. The lowest BCUT2D eigenvalue weighted by Gasteiger charge is -2.24. The van der Waals surface area contributed by atoms with Gasteiger partial charge in [-0.3, -0.25) is 0 Å². The highest BCUT2D eigenvalue weighted by Crippen LogP contribution is 2.45. The summed E-state index contributed by atoms with van der Waals surface area (Å²) in [5.41, 5.74) is 0.975. The summed E-state index contributed by atoms with van der Waals surface area (Å²) < 4.78 is 5.19.